The van der Waals surface area contributed by atoms with Crippen LogP contribution in [0.15, 0.2) is 46.2 Å². The van der Waals surface area contributed by atoms with Gasteiger partial charge in [0.25, 0.3) is 10.1 Å². The quantitative estimate of drug-likeness (QED) is 0.105. The van der Waals surface area contributed by atoms with Gasteiger partial charge in [-0.05, 0) is 124 Å². The van der Waals surface area contributed by atoms with Gasteiger partial charge in [-0.1, -0.05) is 17.2 Å². The molecular weight excluding hydrogens is 560 g/mol. The predicted molar refractivity (Wildman–Crippen MR) is 152 cm³/mol. The minimum Gasteiger partial charge on any atom is -0.478 e. The van der Waals surface area contributed by atoms with Gasteiger partial charge >= 0.3 is 11.9 Å². The van der Waals surface area contributed by atoms with Crippen LogP contribution in [0.2, 0.25) is 0 Å². The summed E-state index contributed by atoms with van der Waals surface area (Å²) in [5.74, 6) is -2.08. The lowest BCUT2D eigenvalue weighted by Crippen LogP contribution is -2.06. The van der Waals surface area contributed by atoms with E-state index in [2.05, 4.69) is 49.2 Å². The van der Waals surface area contributed by atoms with Crippen LogP contribution in [0, 0.1) is 55.4 Å². The monoisotopic (exact) mass is 594 g/mol. The zero-order valence-corrected chi connectivity index (χ0v) is 25.2. The van der Waals surface area contributed by atoms with Crippen LogP contribution in [0.4, 0.5) is 0 Å². The van der Waals surface area contributed by atoms with Gasteiger partial charge in [0, 0.05) is 4.90 Å². The van der Waals surface area contributed by atoms with Crippen molar-refractivity contribution in [1.29, 1.82) is 0 Å². The highest BCUT2D eigenvalue weighted by molar-refractivity contribution is 7.94. The normalized spacial score (nSPS) is 10.7. The summed E-state index contributed by atoms with van der Waals surface area (Å²) in [6.45, 7) is 14.9. The number of carbonyl (C=O) groups is 2. The van der Waals surface area contributed by atoms with Crippen LogP contribution >= 0.6 is 12.0 Å². The molecule has 0 bridgehead atoms. The maximum atomic E-state index is 11.0. The molecule has 3 aromatic rings. The van der Waals surface area contributed by atoms with E-state index in [0.29, 0.717) is 27.1 Å². The number of aromatic carboxylic acids is 2. The second-order valence-electron chi connectivity index (χ2n) is 9.20. The average Bonchev–Trinajstić information content (AvgIpc) is 2.84. The number of aryl methyl sites for hydroxylation is 8. The second kappa shape index (κ2) is 14.9. The van der Waals surface area contributed by atoms with E-state index >= 15 is 0 Å². The minimum absolute atomic E-state index is 0.146. The Morgan fingerprint density at radius 1 is 0.625 bits per heavy atom. The molecule has 0 saturated heterocycles. The Morgan fingerprint density at radius 3 is 1.35 bits per heavy atom. The van der Waals surface area contributed by atoms with Gasteiger partial charge in [0.1, 0.15) is 0 Å². The van der Waals surface area contributed by atoms with Crippen molar-refractivity contribution in [2.45, 2.75) is 65.2 Å². The highest BCUT2D eigenvalue weighted by Crippen LogP contribution is 2.28. The van der Waals surface area contributed by atoms with Gasteiger partial charge in [-0.25, -0.2) is 14.8 Å². The molecule has 218 valence electrons. The first kappa shape index (κ1) is 34.8. The Labute approximate surface area is 238 Å². The van der Waals surface area contributed by atoms with E-state index < -0.39 is 22.1 Å². The van der Waals surface area contributed by atoms with Crippen molar-refractivity contribution < 1.29 is 47.4 Å². The van der Waals surface area contributed by atoms with Gasteiger partial charge in [0.15, 0.2) is 0 Å². The SMILES string of the molecule is Cc1cc(C(=O)O)c(C)cc1C(=O)O.Cc1cc(C)c(C)cc1C.Cc1cc(S(=O)(=O)O)c(C)cc1SOOO. The van der Waals surface area contributed by atoms with Crippen LogP contribution in [-0.2, 0) is 19.5 Å². The zero-order chi connectivity index (χ0) is 30.9. The van der Waals surface area contributed by atoms with Crippen molar-refractivity contribution >= 4 is 34.1 Å². The van der Waals surface area contributed by atoms with E-state index in [4.69, 9.17) is 20.0 Å². The topological polar surface area (TPSA) is 168 Å². The molecule has 10 nitrogen and oxygen atoms in total. The van der Waals surface area contributed by atoms with Gasteiger partial charge in [0.05, 0.1) is 28.1 Å². The molecule has 12 heteroatoms. The number of carboxylic acid groups (broad SMARTS) is 2. The van der Waals surface area contributed by atoms with Crippen LogP contribution in [0.5, 0.6) is 0 Å². The molecule has 0 heterocycles. The number of benzene rings is 3. The molecule has 0 saturated carbocycles. The molecule has 0 aliphatic heterocycles. The average molecular weight is 595 g/mol. The van der Waals surface area contributed by atoms with Crippen molar-refractivity contribution in [2.24, 2.45) is 0 Å². The van der Waals surface area contributed by atoms with Crippen LogP contribution in [0.1, 0.15) is 65.2 Å². The number of carboxylic acids is 2. The third-order valence-electron chi connectivity index (χ3n) is 6.05. The molecule has 0 aromatic heterocycles. The Kier molecular flexibility index (Phi) is 13.0. The van der Waals surface area contributed by atoms with E-state index in [-0.39, 0.29) is 16.0 Å². The summed E-state index contributed by atoms with van der Waals surface area (Å²) < 4.78 is 35.1. The molecule has 3 rings (SSSR count). The van der Waals surface area contributed by atoms with Crippen LogP contribution < -0.4 is 0 Å². The zero-order valence-electron chi connectivity index (χ0n) is 23.5. The first-order chi connectivity index (χ1) is 18.4. The van der Waals surface area contributed by atoms with E-state index in [1.807, 2.05) is 0 Å². The molecule has 0 radical (unpaired) electrons. The van der Waals surface area contributed by atoms with Crippen molar-refractivity contribution in [3.63, 3.8) is 0 Å². The Morgan fingerprint density at radius 2 is 1.02 bits per heavy atom. The molecule has 0 unspecified atom stereocenters. The minimum atomic E-state index is -4.22. The van der Waals surface area contributed by atoms with E-state index in [9.17, 15) is 18.0 Å². The summed E-state index contributed by atoms with van der Waals surface area (Å²) >= 11 is 0.732. The lowest BCUT2D eigenvalue weighted by molar-refractivity contribution is -0.432. The van der Waals surface area contributed by atoms with Crippen molar-refractivity contribution in [3.05, 3.63) is 92.0 Å². The third-order valence-corrected chi connectivity index (χ3v) is 7.79. The number of rotatable bonds is 6. The van der Waals surface area contributed by atoms with E-state index in [1.165, 1.54) is 53.4 Å². The summed E-state index contributed by atoms with van der Waals surface area (Å²) in [4.78, 5) is 21.8. The Hall–Kier alpha value is -3.26. The summed E-state index contributed by atoms with van der Waals surface area (Å²) in [6, 6.07) is 10.0. The largest absolute Gasteiger partial charge is 0.478 e. The lowest BCUT2D eigenvalue weighted by atomic mass is 10.0. The van der Waals surface area contributed by atoms with Gasteiger partial charge < -0.3 is 10.2 Å². The lowest BCUT2D eigenvalue weighted by Gasteiger charge is -2.08. The summed E-state index contributed by atoms with van der Waals surface area (Å²) in [5.41, 5.74) is 7.72. The smallest absolute Gasteiger partial charge is 0.335 e. The summed E-state index contributed by atoms with van der Waals surface area (Å²) in [7, 11) is -4.22. The Bertz CT molecular complexity index is 1410. The van der Waals surface area contributed by atoms with Crippen molar-refractivity contribution in [2.75, 3.05) is 0 Å². The fourth-order valence-corrected chi connectivity index (χ4v) is 4.88. The molecule has 0 amide bonds. The highest BCUT2D eigenvalue weighted by atomic mass is 32.2. The second-order valence-corrected chi connectivity index (χ2v) is 11.3. The molecule has 40 heavy (non-hydrogen) atoms. The number of hydrogen-bond acceptors (Lipinski definition) is 8. The molecule has 0 fully saturated rings. The molecular formula is C28H34O10S2. The van der Waals surface area contributed by atoms with Crippen molar-refractivity contribution in [1.82, 2.24) is 0 Å². The summed E-state index contributed by atoms with van der Waals surface area (Å²) in [6.07, 6.45) is 0. The maximum absolute atomic E-state index is 11.0. The standard InChI is InChI=1S/C10H10O4.C10H14.C8H10O6S2/c1-5-3-8(10(13)14)6(2)4-7(5)9(11)12;1-7-5-9(3)10(4)6-8(7)2;1-5-4-8(16(10,11)12)6(2)3-7(5)15-14-13-9/h3-4H,1-2H3,(H,11,12)(H,13,14);5-6H,1-4H3;3-4,9H,1-2H3,(H,10,11,12). The molecule has 0 aliphatic carbocycles. The first-order valence-electron chi connectivity index (χ1n) is 11.8. The van der Waals surface area contributed by atoms with E-state index in [0.717, 1.165) is 12.0 Å². The van der Waals surface area contributed by atoms with Crippen LogP contribution in [0.25, 0.3) is 0 Å². The Balaban J connectivity index is 0.000000308. The fourth-order valence-electron chi connectivity index (χ4n) is 3.56. The molecule has 0 atom stereocenters. The van der Waals surface area contributed by atoms with Crippen molar-refractivity contribution in [3.8, 4) is 0 Å². The maximum Gasteiger partial charge on any atom is 0.335 e. The molecule has 0 aliphatic rings. The molecule has 4 N–H and O–H groups in total. The highest BCUT2D eigenvalue weighted by Gasteiger charge is 2.16. The van der Waals surface area contributed by atoms with Gasteiger partial charge in [-0.3, -0.25) is 4.55 Å². The fraction of sp³-hybridized carbons (Fsp3) is 0.286. The molecule has 3 aromatic carbocycles. The third kappa shape index (κ3) is 10.0. The van der Waals surface area contributed by atoms with Crippen LogP contribution in [-0.4, -0.2) is 40.4 Å². The van der Waals surface area contributed by atoms with E-state index in [1.54, 1.807) is 20.8 Å². The van der Waals surface area contributed by atoms with Gasteiger partial charge in [-0.2, -0.15) is 8.42 Å². The predicted octanol–water partition coefficient (Wildman–Crippen LogP) is 6.60. The first-order valence-corrected chi connectivity index (χ1v) is 13.9. The van der Waals surface area contributed by atoms with Gasteiger partial charge in [-0.15, -0.1) is 4.33 Å². The summed E-state index contributed by atoms with van der Waals surface area (Å²) in [5, 5.41) is 29.0. The van der Waals surface area contributed by atoms with Gasteiger partial charge in [0.2, 0.25) is 0 Å². The number of hydrogen-bond donors (Lipinski definition) is 4. The molecule has 0 spiro atoms. The van der Waals surface area contributed by atoms with Crippen LogP contribution in [0.3, 0.4) is 0 Å².